The zero-order valence-corrected chi connectivity index (χ0v) is 15.9. The van der Waals surface area contributed by atoms with E-state index < -0.39 is 11.7 Å². The molecule has 0 unspecified atom stereocenters. The van der Waals surface area contributed by atoms with E-state index in [1.54, 1.807) is 44.4 Å². The van der Waals surface area contributed by atoms with E-state index in [-0.39, 0.29) is 17.3 Å². The molecule has 0 saturated heterocycles. The van der Waals surface area contributed by atoms with E-state index in [0.717, 1.165) is 0 Å². The maximum atomic E-state index is 13.9. The van der Waals surface area contributed by atoms with Gasteiger partial charge < -0.3 is 13.9 Å². The number of furan rings is 1. The van der Waals surface area contributed by atoms with E-state index >= 15 is 0 Å². The predicted octanol–water partition coefficient (Wildman–Crippen LogP) is 3.93. The van der Waals surface area contributed by atoms with E-state index in [1.807, 2.05) is 0 Å². The van der Waals surface area contributed by atoms with Gasteiger partial charge in [0.2, 0.25) is 5.95 Å². The molecule has 4 rings (SSSR count). The molecule has 0 aliphatic rings. The number of fused-ring (bicyclic) bond motifs is 1. The second-order valence-electron chi connectivity index (χ2n) is 6.20. The number of aromatic amines is 1. The van der Waals surface area contributed by atoms with Gasteiger partial charge in [0.25, 0.3) is 5.91 Å². The lowest BCUT2D eigenvalue weighted by atomic mass is 10.1. The summed E-state index contributed by atoms with van der Waals surface area (Å²) in [6.45, 7) is 1.69. The van der Waals surface area contributed by atoms with Gasteiger partial charge in [-0.3, -0.25) is 15.2 Å². The smallest absolute Gasteiger partial charge is 0.294 e. The van der Waals surface area contributed by atoms with Crippen molar-refractivity contribution in [2.45, 2.75) is 6.92 Å². The Bertz CT molecular complexity index is 1210. The third-order valence-electron chi connectivity index (χ3n) is 4.49. The van der Waals surface area contributed by atoms with E-state index in [1.165, 1.54) is 13.2 Å². The van der Waals surface area contributed by atoms with Crippen LogP contribution >= 0.6 is 0 Å². The first-order chi connectivity index (χ1) is 14.0. The summed E-state index contributed by atoms with van der Waals surface area (Å²) < 4.78 is 29.8. The van der Waals surface area contributed by atoms with Crippen LogP contribution in [0.25, 0.3) is 22.4 Å². The number of benzene rings is 2. The molecule has 4 aromatic rings. The standard InChI is InChI=1S/C20H17FN4O4/c1-10-12-5-4-6-13(21)17(12)29-16(10)19(26)23-20-22-18(24-25-20)11-7-8-14(27-2)15(9-11)28-3/h4-9H,1-3H3,(H2,22,23,24,25,26). The molecule has 0 radical (unpaired) electrons. The zero-order chi connectivity index (χ0) is 20.5. The van der Waals surface area contributed by atoms with Crippen LogP contribution in [-0.4, -0.2) is 35.3 Å². The minimum Gasteiger partial charge on any atom is -0.493 e. The van der Waals surface area contributed by atoms with E-state index in [9.17, 15) is 9.18 Å². The van der Waals surface area contributed by atoms with Gasteiger partial charge in [-0.1, -0.05) is 12.1 Å². The number of nitrogens with one attached hydrogen (secondary N) is 2. The molecule has 0 aliphatic carbocycles. The first kappa shape index (κ1) is 18.5. The van der Waals surface area contributed by atoms with Crippen molar-refractivity contribution in [1.29, 1.82) is 0 Å². The van der Waals surface area contributed by atoms with Crippen molar-refractivity contribution >= 4 is 22.8 Å². The number of amides is 1. The second kappa shape index (κ2) is 7.27. The van der Waals surface area contributed by atoms with Gasteiger partial charge in [0, 0.05) is 16.5 Å². The Morgan fingerprint density at radius 3 is 2.69 bits per heavy atom. The van der Waals surface area contributed by atoms with Crippen molar-refractivity contribution in [3.8, 4) is 22.9 Å². The number of hydrogen-bond acceptors (Lipinski definition) is 6. The fourth-order valence-corrected chi connectivity index (χ4v) is 3.01. The van der Waals surface area contributed by atoms with Gasteiger partial charge in [0.05, 0.1) is 14.2 Å². The van der Waals surface area contributed by atoms with E-state index in [0.29, 0.717) is 33.8 Å². The lowest BCUT2D eigenvalue weighted by molar-refractivity contribution is 0.0997. The Labute approximate surface area is 164 Å². The third-order valence-corrected chi connectivity index (χ3v) is 4.49. The molecule has 2 N–H and O–H groups in total. The highest BCUT2D eigenvalue weighted by Crippen LogP contribution is 2.31. The molecule has 148 valence electrons. The largest absolute Gasteiger partial charge is 0.493 e. The number of anilines is 1. The molecule has 2 heterocycles. The number of H-pyrrole nitrogens is 1. The van der Waals surface area contributed by atoms with E-state index in [2.05, 4.69) is 20.5 Å². The molecule has 0 saturated carbocycles. The van der Waals surface area contributed by atoms with Gasteiger partial charge in [0.1, 0.15) is 0 Å². The average Bonchev–Trinajstić information content (AvgIpc) is 3.33. The molecule has 9 heteroatoms. The summed E-state index contributed by atoms with van der Waals surface area (Å²) in [6, 6.07) is 9.78. The summed E-state index contributed by atoms with van der Waals surface area (Å²) in [7, 11) is 3.08. The molecule has 0 aliphatic heterocycles. The third kappa shape index (κ3) is 3.27. The molecule has 0 fully saturated rings. The number of hydrogen-bond donors (Lipinski definition) is 2. The van der Waals surface area contributed by atoms with Crippen molar-refractivity contribution in [3.05, 3.63) is 53.5 Å². The first-order valence-corrected chi connectivity index (χ1v) is 8.65. The van der Waals surface area contributed by atoms with Crippen molar-refractivity contribution in [2.75, 3.05) is 19.5 Å². The Hall–Kier alpha value is -3.88. The van der Waals surface area contributed by atoms with E-state index in [4.69, 9.17) is 13.9 Å². The minimum absolute atomic E-state index is 0.00238. The van der Waals surface area contributed by atoms with Crippen molar-refractivity contribution < 1.29 is 23.1 Å². The molecule has 29 heavy (non-hydrogen) atoms. The van der Waals surface area contributed by atoms with Crippen LogP contribution in [0.3, 0.4) is 0 Å². The molecular formula is C20H17FN4O4. The molecule has 0 spiro atoms. The van der Waals surface area contributed by atoms with Crippen molar-refractivity contribution in [2.24, 2.45) is 0 Å². The minimum atomic E-state index is -0.573. The SMILES string of the molecule is COc1ccc(-c2nc(NC(=O)c3oc4c(F)cccc4c3C)n[nH]2)cc1OC. The van der Waals surface area contributed by atoms with Gasteiger partial charge >= 0.3 is 0 Å². The van der Waals surface area contributed by atoms with Crippen LogP contribution in [0.4, 0.5) is 10.3 Å². The normalized spacial score (nSPS) is 10.9. The molecule has 0 bridgehead atoms. The molecule has 2 aromatic carbocycles. The Balaban J connectivity index is 1.59. The lowest BCUT2D eigenvalue weighted by Gasteiger charge is -2.07. The van der Waals surface area contributed by atoms with Gasteiger partial charge in [-0.15, -0.1) is 5.10 Å². The Morgan fingerprint density at radius 2 is 1.97 bits per heavy atom. The topological polar surface area (TPSA) is 102 Å². The highest BCUT2D eigenvalue weighted by molar-refractivity contribution is 6.05. The molecule has 1 amide bonds. The summed E-state index contributed by atoms with van der Waals surface area (Å²) in [5, 5.41) is 9.85. The summed E-state index contributed by atoms with van der Waals surface area (Å²) in [6.07, 6.45) is 0. The zero-order valence-electron chi connectivity index (χ0n) is 15.9. The van der Waals surface area contributed by atoms with Gasteiger partial charge in [-0.05, 0) is 31.2 Å². The number of carbonyl (C=O) groups excluding carboxylic acids is 1. The number of aryl methyl sites for hydroxylation is 1. The average molecular weight is 396 g/mol. The first-order valence-electron chi connectivity index (χ1n) is 8.65. The van der Waals surface area contributed by atoms with Crippen LogP contribution in [0, 0.1) is 12.7 Å². The second-order valence-corrected chi connectivity index (χ2v) is 6.20. The number of halogens is 1. The predicted molar refractivity (Wildman–Crippen MR) is 104 cm³/mol. The lowest BCUT2D eigenvalue weighted by Crippen LogP contribution is -2.13. The summed E-state index contributed by atoms with van der Waals surface area (Å²) >= 11 is 0. The monoisotopic (exact) mass is 396 g/mol. The summed E-state index contributed by atoms with van der Waals surface area (Å²) in [5.41, 5.74) is 1.27. The number of carbonyl (C=O) groups is 1. The maximum Gasteiger partial charge on any atom is 0.294 e. The quantitative estimate of drug-likeness (QED) is 0.530. The molecule has 0 atom stereocenters. The number of para-hydroxylation sites is 1. The van der Waals surface area contributed by atoms with Gasteiger partial charge in [-0.2, -0.15) is 4.98 Å². The number of methoxy groups -OCH3 is 2. The van der Waals surface area contributed by atoms with Crippen LogP contribution in [0.15, 0.2) is 40.8 Å². The summed E-state index contributed by atoms with van der Waals surface area (Å²) in [4.78, 5) is 16.9. The van der Waals surface area contributed by atoms with Crippen molar-refractivity contribution in [1.82, 2.24) is 15.2 Å². The Morgan fingerprint density at radius 1 is 1.17 bits per heavy atom. The highest BCUT2D eigenvalue weighted by atomic mass is 19.1. The van der Waals surface area contributed by atoms with Crippen LogP contribution in [0.5, 0.6) is 11.5 Å². The van der Waals surface area contributed by atoms with Gasteiger partial charge in [0.15, 0.2) is 34.5 Å². The maximum absolute atomic E-state index is 13.9. The summed E-state index contributed by atoms with van der Waals surface area (Å²) in [5.74, 6) is 0.495. The van der Waals surface area contributed by atoms with Crippen LogP contribution in [0.1, 0.15) is 16.1 Å². The van der Waals surface area contributed by atoms with Crippen LogP contribution in [-0.2, 0) is 0 Å². The number of rotatable bonds is 5. The number of ether oxygens (including phenoxy) is 2. The fourth-order valence-electron chi connectivity index (χ4n) is 3.01. The fraction of sp³-hybridized carbons (Fsp3) is 0.150. The van der Waals surface area contributed by atoms with Gasteiger partial charge in [-0.25, -0.2) is 4.39 Å². The van der Waals surface area contributed by atoms with Crippen LogP contribution in [0.2, 0.25) is 0 Å². The molecule has 2 aromatic heterocycles. The number of aromatic nitrogens is 3. The molecule has 8 nitrogen and oxygen atoms in total. The highest BCUT2D eigenvalue weighted by Gasteiger charge is 2.21. The number of nitrogens with zero attached hydrogens (tertiary/aromatic N) is 2. The molecular weight excluding hydrogens is 379 g/mol. The van der Waals surface area contributed by atoms with Crippen molar-refractivity contribution in [3.63, 3.8) is 0 Å². The Kier molecular flexibility index (Phi) is 4.63. The van der Waals surface area contributed by atoms with Crippen LogP contribution < -0.4 is 14.8 Å².